The average Bonchev–Trinajstić information content (AvgIpc) is 2.45. The molecule has 0 aliphatic carbocycles. The van der Waals surface area contributed by atoms with Crippen molar-refractivity contribution in [3.05, 3.63) is 35.4 Å². The van der Waals surface area contributed by atoms with Crippen LogP contribution in [-0.4, -0.2) is 42.8 Å². The molecule has 1 heterocycles. The van der Waals surface area contributed by atoms with Gasteiger partial charge in [0, 0.05) is 19.6 Å². The highest BCUT2D eigenvalue weighted by molar-refractivity contribution is 5.74. The summed E-state index contributed by atoms with van der Waals surface area (Å²) in [6.07, 6.45) is -3.84. The van der Waals surface area contributed by atoms with Crippen molar-refractivity contribution in [2.75, 3.05) is 19.6 Å². The molecule has 0 saturated carbocycles. The summed E-state index contributed by atoms with van der Waals surface area (Å²) in [5.41, 5.74) is 0.0867. The number of hydrogen-bond acceptors (Lipinski definition) is 2. The molecule has 1 fully saturated rings. The van der Waals surface area contributed by atoms with Gasteiger partial charge in [0.05, 0.1) is 17.8 Å². The summed E-state index contributed by atoms with van der Waals surface area (Å²) in [6.45, 7) is 5.29. The molecule has 2 amide bonds. The number of rotatable bonds is 3. The molecular weight excluding hydrogens is 309 g/mol. The molecule has 1 aliphatic heterocycles. The first-order chi connectivity index (χ1) is 10.8. The van der Waals surface area contributed by atoms with Crippen molar-refractivity contribution in [2.24, 2.45) is 0 Å². The van der Waals surface area contributed by atoms with Gasteiger partial charge in [0.25, 0.3) is 0 Å². The van der Waals surface area contributed by atoms with E-state index in [-0.39, 0.29) is 18.2 Å². The topological polar surface area (TPSA) is 41.6 Å². The standard InChI is InChI=1S/C16H21F3N2O2/c1-11-9-21(10-12(2)23-11)15(22)20-8-7-13-3-5-14(6-4-13)16(17,18)19/h3-6,11-12H,7-10H2,1-2H3,(H,20,22). The van der Waals surface area contributed by atoms with Crippen molar-refractivity contribution >= 4 is 6.03 Å². The van der Waals surface area contributed by atoms with E-state index in [4.69, 9.17) is 4.74 Å². The first-order valence-corrected chi connectivity index (χ1v) is 7.60. The number of hydrogen-bond donors (Lipinski definition) is 1. The summed E-state index contributed by atoms with van der Waals surface area (Å²) >= 11 is 0. The molecule has 0 bridgehead atoms. The SMILES string of the molecule is CC1CN(C(=O)NCCc2ccc(C(F)(F)F)cc2)CC(C)O1. The lowest BCUT2D eigenvalue weighted by molar-refractivity contribution is -0.137. The Balaban J connectivity index is 1.79. The van der Waals surface area contributed by atoms with Crippen molar-refractivity contribution in [2.45, 2.75) is 38.7 Å². The Bertz CT molecular complexity index is 521. The lowest BCUT2D eigenvalue weighted by Gasteiger charge is -2.35. The first-order valence-electron chi connectivity index (χ1n) is 7.60. The van der Waals surface area contributed by atoms with E-state index in [1.165, 1.54) is 12.1 Å². The molecular formula is C16H21F3N2O2. The minimum Gasteiger partial charge on any atom is -0.372 e. The van der Waals surface area contributed by atoms with Gasteiger partial charge in [0.15, 0.2) is 0 Å². The van der Waals surface area contributed by atoms with Crippen molar-refractivity contribution < 1.29 is 22.7 Å². The van der Waals surface area contributed by atoms with Gasteiger partial charge in [-0.15, -0.1) is 0 Å². The third-order valence-electron chi connectivity index (χ3n) is 3.68. The Morgan fingerprint density at radius 1 is 1.22 bits per heavy atom. The van der Waals surface area contributed by atoms with Gasteiger partial charge >= 0.3 is 12.2 Å². The van der Waals surface area contributed by atoms with E-state index in [9.17, 15) is 18.0 Å². The zero-order chi connectivity index (χ0) is 17.0. The van der Waals surface area contributed by atoms with Crippen LogP contribution in [-0.2, 0) is 17.3 Å². The molecule has 1 aromatic carbocycles. The molecule has 0 radical (unpaired) electrons. The van der Waals surface area contributed by atoms with E-state index in [0.29, 0.717) is 26.1 Å². The molecule has 2 unspecified atom stereocenters. The highest BCUT2D eigenvalue weighted by atomic mass is 19.4. The molecule has 128 valence electrons. The quantitative estimate of drug-likeness (QED) is 0.925. The Morgan fingerprint density at radius 3 is 2.30 bits per heavy atom. The fraction of sp³-hybridized carbons (Fsp3) is 0.562. The van der Waals surface area contributed by atoms with Gasteiger partial charge in [0.2, 0.25) is 0 Å². The summed E-state index contributed by atoms with van der Waals surface area (Å²) in [6, 6.07) is 4.83. The zero-order valence-corrected chi connectivity index (χ0v) is 13.2. The molecule has 1 saturated heterocycles. The van der Waals surface area contributed by atoms with Crippen LogP contribution in [0.3, 0.4) is 0 Å². The smallest absolute Gasteiger partial charge is 0.372 e. The third kappa shape index (κ3) is 5.13. The van der Waals surface area contributed by atoms with Crippen LogP contribution in [0, 0.1) is 0 Å². The number of ether oxygens (including phenoxy) is 1. The van der Waals surface area contributed by atoms with Crippen LogP contribution in [0.1, 0.15) is 25.0 Å². The third-order valence-corrected chi connectivity index (χ3v) is 3.68. The van der Waals surface area contributed by atoms with E-state index in [0.717, 1.165) is 17.7 Å². The van der Waals surface area contributed by atoms with Gasteiger partial charge in [0.1, 0.15) is 0 Å². The zero-order valence-electron chi connectivity index (χ0n) is 13.2. The number of halogens is 3. The molecule has 7 heteroatoms. The van der Waals surface area contributed by atoms with Gasteiger partial charge in [-0.1, -0.05) is 12.1 Å². The highest BCUT2D eigenvalue weighted by Crippen LogP contribution is 2.29. The molecule has 4 nitrogen and oxygen atoms in total. The maximum absolute atomic E-state index is 12.5. The molecule has 0 aromatic heterocycles. The molecule has 2 rings (SSSR count). The van der Waals surface area contributed by atoms with Crippen LogP contribution >= 0.6 is 0 Å². The van der Waals surface area contributed by atoms with Crippen LogP contribution in [0.4, 0.5) is 18.0 Å². The predicted octanol–water partition coefficient (Wildman–Crippen LogP) is 3.07. The molecule has 2 atom stereocenters. The lowest BCUT2D eigenvalue weighted by atomic mass is 10.1. The molecule has 1 aromatic rings. The Kier molecular flexibility index (Phi) is 5.51. The second kappa shape index (κ2) is 7.21. The van der Waals surface area contributed by atoms with E-state index in [1.54, 1.807) is 4.90 Å². The number of urea groups is 1. The fourth-order valence-electron chi connectivity index (χ4n) is 2.63. The molecule has 0 spiro atoms. The predicted molar refractivity (Wildman–Crippen MR) is 80.1 cm³/mol. The largest absolute Gasteiger partial charge is 0.416 e. The maximum Gasteiger partial charge on any atom is 0.416 e. The van der Waals surface area contributed by atoms with Crippen molar-refractivity contribution in [1.29, 1.82) is 0 Å². The second-order valence-electron chi connectivity index (χ2n) is 5.84. The summed E-state index contributed by atoms with van der Waals surface area (Å²) in [4.78, 5) is 13.8. The van der Waals surface area contributed by atoms with Gasteiger partial charge in [-0.2, -0.15) is 13.2 Å². The second-order valence-corrected chi connectivity index (χ2v) is 5.84. The number of benzene rings is 1. The fourth-order valence-corrected chi connectivity index (χ4v) is 2.63. The number of carbonyl (C=O) groups is 1. The Labute approximate surface area is 133 Å². The number of alkyl halides is 3. The number of carbonyl (C=O) groups excluding carboxylic acids is 1. The number of nitrogens with zero attached hydrogens (tertiary/aromatic N) is 1. The molecule has 1 N–H and O–H groups in total. The van der Waals surface area contributed by atoms with Crippen LogP contribution in [0.25, 0.3) is 0 Å². The summed E-state index contributed by atoms with van der Waals surface area (Å²) in [5.74, 6) is 0. The summed E-state index contributed by atoms with van der Waals surface area (Å²) in [7, 11) is 0. The van der Waals surface area contributed by atoms with Crippen molar-refractivity contribution in [1.82, 2.24) is 10.2 Å². The summed E-state index contributed by atoms with van der Waals surface area (Å²) in [5, 5.41) is 2.80. The van der Waals surface area contributed by atoms with Crippen LogP contribution < -0.4 is 5.32 Å². The maximum atomic E-state index is 12.5. The summed E-state index contributed by atoms with van der Waals surface area (Å²) < 4.78 is 43.0. The number of amides is 2. The van der Waals surface area contributed by atoms with Gasteiger partial charge in [-0.05, 0) is 38.0 Å². The molecule has 23 heavy (non-hydrogen) atoms. The van der Waals surface area contributed by atoms with E-state index in [2.05, 4.69) is 5.32 Å². The number of morpholine rings is 1. The van der Waals surface area contributed by atoms with Crippen LogP contribution in [0.15, 0.2) is 24.3 Å². The van der Waals surface area contributed by atoms with Crippen molar-refractivity contribution in [3.8, 4) is 0 Å². The number of nitrogens with one attached hydrogen (secondary N) is 1. The minimum atomic E-state index is -4.32. The van der Waals surface area contributed by atoms with Gasteiger partial charge in [-0.25, -0.2) is 4.79 Å². The average molecular weight is 330 g/mol. The highest BCUT2D eigenvalue weighted by Gasteiger charge is 2.30. The normalized spacial score (nSPS) is 22.0. The Hall–Kier alpha value is -1.76. The Morgan fingerprint density at radius 2 is 1.78 bits per heavy atom. The molecule has 1 aliphatic rings. The van der Waals surface area contributed by atoms with E-state index >= 15 is 0 Å². The first kappa shape index (κ1) is 17.6. The lowest BCUT2D eigenvalue weighted by Crippen LogP contribution is -2.51. The minimum absolute atomic E-state index is 0.000544. The van der Waals surface area contributed by atoms with Crippen LogP contribution in [0.5, 0.6) is 0 Å². The van der Waals surface area contributed by atoms with E-state index in [1.807, 2.05) is 13.8 Å². The van der Waals surface area contributed by atoms with Gasteiger partial charge < -0.3 is 15.0 Å². The monoisotopic (exact) mass is 330 g/mol. The van der Waals surface area contributed by atoms with E-state index < -0.39 is 11.7 Å². The van der Waals surface area contributed by atoms with Crippen LogP contribution in [0.2, 0.25) is 0 Å². The van der Waals surface area contributed by atoms with Gasteiger partial charge in [-0.3, -0.25) is 0 Å². The van der Waals surface area contributed by atoms with Crippen molar-refractivity contribution in [3.63, 3.8) is 0 Å².